The molecule has 0 spiro atoms. The van der Waals surface area contributed by atoms with Gasteiger partial charge < -0.3 is 10.2 Å². The van der Waals surface area contributed by atoms with Gasteiger partial charge in [-0.25, -0.2) is 19.9 Å². The predicted molar refractivity (Wildman–Crippen MR) is 101 cm³/mol. The van der Waals surface area contributed by atoms with Crippen molar-refractivity contribution in [2.45, 2.75) is 52.5 Å². The molecular weight excluding hydrogens is 336 g/mol. The highest BCUT2D eigenvalue weighted by Gasteiger charge is 2.22. The number of anilines is 2. The summed E-state index contributed by atoms with van der Waals surface area (Å²) in [4.78, 5) is 19.9. The first kappa shape index (κ1) is 17.9. The summed E-state index contributed by atoms with van der Waals surface area (Å²) in [6, 6.07) is 2.48. The third-order valence-corrected chi connectivity index (χ3v) is 4.97. The van der Waals surface area contributed by atoms with Gasteiger partial charge in [0.15, 0.2) is 0 Å². The lowest BCUT2D eigenvalue weighted by Gasteiger charge is -2.33. The first-order valence-corrected chi connectivity index (χ1v) is 9.33. The zero-order chi connectivity index (χ0) is 17.8. The smallest absolute Gasteiger partial charge is 0.138 e. The lowest BCUT2D eigenvalue weighted by Crippen LogP contribution is -2.40. The number of piperidine rings is 1. The largest absolute Gasteiger partial charge is 0.367 e. The Kier molecular flexibility index (Phi) is 5.68. The van der Waals surface area contributed by atoms with Crippen molar-refractivity contribution in [1.82, 2.24) is 19.9 Å². The molecule has 0 unspecified atom stereocenters. The molecule has 2 aromatic rings. The van der Waals surface area contributed by atoms with Crippen molar-refractivity contribution in [2.75, 3.05) is 23.3 Å². The Labute approximate surface area is 154 Å². The summed E-state index contributed by atoms with van der Waals surface area (Å²) in [5, 5.41) is 4.14. The molecule has 0 aromatic carbocycles. The van der Waals surface area contributed by atoms with Gasteiger partial charge in [0.25, 0.3) is 0 Å². The number of nitrogens with zero attached hydrogens (tertiary/aromatic N) is 5. The molecule has 0 amide bonds. The normalized spacial score (nSPS) is 15.4. The molecule has 7 heteroatoms. The molecule has 1 aliphatic heterocycles. The SMILES string of the molecule is CCc1cc(N2CCC(Nc3nc(C)nc(Cl)c3CC)CC2)ncn1. The van der Waals surface area contributed by atoms with Crippen molar-refractivity contribution in [1.29, 1.82) is 0 Å². The Morgan fingerprint density at radius 2 is 1.92 bits per heavy atom. The van der Waals surface area contributed by atoms with E-state index < -0.39 is 0 Å². The molecule has 1 saturated heterocycles. The summed E-state index contributed by atoms with van der Waals surface area (Å²) in [5.74, 6) is 2.62. The molecule has 6 nitrogen and oxygen atoms in total. The Morgan fingerprint density at radius 3 is 2.60 bits per heavy atom. The maximum Gasteiger partial charge on any atom is 0.138 e. The zero-order valence-electron chi connectivity index (χ0n) is 15.1. The second-order valence-corrected chi connectivity index (χ2v) is 6.73. The molecule has 0 aliphatic carbocycles. The molecule has 25 heavy (non-hydrogen) atoms. The van der Waals surface area contributed by atoms with E-state index in [1.807, 2.05) is 6.92 Å². The highest BCUT2D eigenvalue weighted by atomic mass is 35.5. The van der Waals surface area contributed by atoms with Crippen LogP contribution in [0.3, 0.4) is 0 Å². The van der Waals surface area contributed by atoms with Crippen LogP contribution in [0, 0.1) is 6.92 Å². The van der Waals surface area contributed by atoms with Crippen LogP contribution in [-0.4, -0.2) is 39.1 Å². The van der Waals surface area contributed by atoms with Gasteiger partial charge in [-0.1, -0.05) is 25.4 Å². The first-order chi connectivity index (χ1) is 12.1. The van der Waals surface area contributed by atoms with Crippen LogP contribution in [0.25, 0.3) is 0 Å². The monoisotopic (exact) mass is 360 g/mol. The van der Waals surface area contributed by atoms with Crippen molar-refractivity contribution in [3.8, 4) is 0 Å². The molecule has 0 atom stereocenters. The van der Waals surface area contributed by atoms with Crippen molar-refractivity contribution in [3.63, 3.8) is 0 Å². The number of halogens is 1. The molecule has 2 aromatic heterocycles. The van der Waals surface area contributed by atoms with Gasteiger partial charge >= 0.3 is 0 Å². The highest BCUT2D eigenvalue weighted by Crippen LogP contribution is 2.25. The molecule has 0 saturated carbocycles. The molecule has 3 rings (SSSR count). The van der Waals surface area contributed by atoms with Crippen LogP contribution in [0.15, 0.2) is 12.4 Å². The van der Waals surface area contributed by atoms with Gasteiger partial charge in [-0.2, -0.15) is 0 Å². The van der Waals surface area contributed by atoms with Crippen LogP contribution < -0.4 is 10.2 Å². The van der Waals surface area contributed by atoms with Crippen LogP contribution >= 0.6 is 11.6 Å². The third-order valence-electron chi connectivity index (χ3n) is 4.65. The summed E-state index contributed by atoms with van der Waals surface area (Å²) in [6.07, 6.45) is 5.49. The number of nitrogens with one attached hydrogen (secondary N) is 1. The van der Waals surface area contributed by atoms with Gasteiger partial charge in [0.2, 0.25) is 0 Å². The number of rotatable bonds is 5. The summed E-state index contributed by atoms with van der Waals surface area (Å²) < 4.78 is 0. The van der Waals surface area contributed by atoms with E-state index in [1.165, 1.54) is 0 Å². The average molecular weight is 361 g/mol. The Bertz CT molecular complexity index is 728. The molecule has 134 valence electrons. The van der Waals surface area contributed by atoms with E-state index in [4.69, 9.17) is 11.6 Å². The number of hydrogen-bond donors (Lipinski definition) is 1. The Hall–Kier alpha value is -1.95. The van der Waals surface area contributed by atoms with E-state index in [2.05, 4.69) is 50.1 Å². The predicted octanol–water partition coefficient (Wildman–Crippen LogP) is 3.43. The maximum absolute atomic E-state index is 6.27. The van der Waals surface area contributed by atoms with Crippen molar-refractivity contribution in [3.05, 3.63) is 34.6 Å². The molecule has 0 bridgehead atoms. The molecule has 1 aliphatic rings. The summed E-state index contributed by atoms with van der Waals surface area (Å²) >= 11 is 6.27. The van der Waals surface area contributed by atoms with Crippen molar-refractivity contribution >= 4 is 23.2 Å². The van der Waals surface area contributed by atoms with Crippen LogP contribution in [0.4, 0.5) is 11.6 Å². The zero-order valence-corrected chi connectivity index (χ0v) is 15.8. The van der Waals surface area contributed by atoms with Gasteiger partial charge in [-0.05, 0) is 32.6 Å². The summed E-state index contributed by atoms with van der Waals surface area (Å²) in [7, 11) is 0. The maximum atomic E-state index is 6.27. The fourth-order valence-electron chi connectivity index (χ4n) is 3.19. The second-order valence-electron chi connectivity index (χ2n) is 6.37. The quantitative estimate of drug-likeness (QED) is 0.824. The standard InChI is InChI=1S/C18H25ClN6/c1-4-13-10-16(21-11-20-13)25-8-6-14(7-9-25)24-18-15(5-2)17(19)22-12(3)23-18/h10-11,14H,4-9H2,1-3H3,(H,22,23,24). The Balaban J connectivity index is 1.65. The number of aromatic nitrogens is 4. The first-order valence-electron chi connectivity index (χ1n) is 8.96. The van der Waals surface area contributed by atoms with E-state index >= 15 is 0 Å². The van der Waals surface area contributed by atoms with Gasteiger partial charge in [0.1, 0.15) is 28.9 Å². The van der Waals surface area contributed by atoms with Crippen molar-refractivity contribution in [2.24, 2.45) is 0 Å². The van der Waals surface area contributed by atoms with Gasteiger partial charge in [0, 0.05) is 36.5 Å². The lowest BCUT2D eigenvalue weighted by atomic mass is 10.0. The molecule has 3 heterocycles. The van der Waals surface area contributed by atoms with E-state index in [0.29, 0.717) is 17.0 Å². The molecular formula is C18H25ClN6. The van der Waals surface area contributed by atoms with Crippen LogP contribution in [-0.2, 0) is 12.8 Å². The summed E-state index contributed by atoms with van der Waals surface area (Å²) in [6.45, 7) is 8.00. The number of aryl methyl sites for hydroxylation is 2. The fourth-order valence-corrected chi connectivity index (χ4v) is 3.54. The van der Waals surface area contributed by atoms with E-state index in [9.17, 15) is 0 Å². The number of hydrogen-bond acceptors (Lipinski definition) is 6. The van der Waals surface area contributed by atoms with Gasteiger partial charge in [-0.3, -0.25) is 0 Å². The van der Waals surface area contributed by atoms with E-state index in [0.717, 1.165) is 61.7 Å². The minimum atomic E-state index is 0.388. The molecule has 1 N–H and O–H groups in total. The second kappa shape index (κ2) is 7.95. The van der Waals surface area contributed by atoms with Gasteiger partial charge in [-0.15, -0.1) is 0 Å². The Morgan fingerprint density at radius 1 is 1.16 bits per heavy atom. The van der Waals surface area contributed by atoms with Crippen molar-refractivity contribution < 1.29 is 0 Å². The van der Waals surface area contributed by atoms with Crippen LogP contribution in [0.5, 0.6) is 0 Å². The van der Waals surface area contributed by atoms with E-state index in [1.54, 1.807) is 6.33 Å². The molecule has 1 fully saturated rings. The average Bonchev–Trinajstić information content (AvgIpc) is 2.62. The highest BCUT2D eigenvalue weighted by molar-refractivity contribution is 6.30. The van der Waals surface area contributed by atoms with Gasteiger partial charge in [0.05, 0.1) is 0 Å². The van der Waals surface area contributed by atoms with Crippen LogP contribution in [0.2, 0.25) is 5.15 Å². The molecule has 0 radical (unpaired) electrons. The van der Waals surface area contributed by atoms with Crippen LogP contribution in [0.1, 0.15) is 43.8 Å². The lowest BCUT2D eigenvalue weighted by molar-refractivity contribution is 0.521. The topological polar surface area (TPSA) is 66.8 Å². The fraction of sp³-hybridized carbons (Fsp3) is 0.556. The minimum absolute atomic E-state index is 0.388. The summed E-state index contributed by atoms with van der Waals surface area (Å²) in [5.41, 5.74) is 2.09. The minimum Gasteiger partial charge on any atom is -0.367 e. The third kappa shape index (κ3) is 4.18. The van der Waals surface area contributed by atoms with E-state index in [-0.39, 0.29) is 0 Å².